The summed E-state index contributed by atoms with van der Waals surface area (Å²) in [5.41, 5.74) is 0.519. The zero-order valence-corrected chi connectivity index (χ0v) is 10.6. The van der Waals surface area contributed by atoms with Gasteiger partial charge >= 0.3 is 5.97 Å². The van der Waals surface area contributed by atoms with Crippen molar-refractivity contribution in [1.29, 1.82) is 0 Å². The summed E-state index contributed by atoms with van der Waals surface area (Å²) in [5.74, 6) is -0.587. The van der Waals surface area contributed by atoms with Gasteiger partial charge in [-0.1, -0.05) is 13.8 Å². The molecule has 0 fully saturated rings. The SMILES string of the molecule is CC(C)CC(CO)NCc1ncncc1C(=O)O. The number of hydrogen-bond donors (Lipinski definition) is 3. The van der Waals surface area contributed by atoms with Crippen LogP contribution in [0.3, 0.4) is 0 Å². The lowest BCUT2D eigenvalue weighted by molar-refractivity contribution is 0.0694. The summed E-state index contributed by atoms with van der Waals surface area (Å²) in [5, 5.41) is 21.3. The highest BCUT2D eigenvalue weighted by Gasteiger charge is 2.14. The molecule has 0 saturated carbocycles. The molecule has 1 aromatic rings. The zero-order chi connectivity index (χ0) is 13.5. The van der Waals surface area contributed by atoms with E-state index in [4.69, 9.17) is 5.11 Å². The Morgan fingerprint density at radius 1 is 1.50 bits per heavy atom. The second-order valence-electron chi connectivity index (χ2n) is 4.58. The standard InChI is InChI=1S/C12H19N3O3/c1-8(2)3-9(6-16)14-5-11-10(12(17)18)4-13-7-15-11/h4,7-9,14,16H,3,5-6H2,1-2H3,(H,17,18). The molecular formula is C12H19N3O3. The second kappa shape index (κ2) is 7.03. The van der Waals surface area contributed by atoms with Crippen LogP contribution in [-0.4, -0.2) is 38.8 Å². The van der Waals surface area contributed by atoms with Crippen LogP contribution in [-0.2, 0) is 6.54 Å². The molecule has 0 saturated heterocycles. The average Bonchev–Trinajstić information content (AvgIpc) is 2.34. The number of hydrogen-bond acceptors (Lipinski definition) is 5. The Labute approximate surface area is 106 Å². The molecule has 0 amide bonds. The molecule has 0 aromatic carbocycles. The number of aliphatic hydroxyl groups is 1. The van der Waals surface area contributed by atoms with Crippen molar-refractivity contribution in [2.24, 2.45) is 5.92 Å². The third kappa shape index (κ3) is 4.38. The first kappa shape index (κ1) is 14.5. The molecule has 0 aliphatic heterocycles. The van der Waals surface area contributed by atoms with Crippen LogP contribution >= 0.6 is 0 Å². The molecule has 0 spiro atoms. The van der Waals surface area contributed by atoms with Crippen molar-refractivity contribution in [3.63, 3.8) is 0 Å². The molecule has 1 unspecified atom stereocenters. The van der Waals surface area contributed by atoms with Gasteiger partial charge in [-0.2, -0.15) is 0 Å². The van der Waals surface area contributed by atoms with Gasteiger partial charge in [0, 0.05) is 18.8 Å². The normalized spacial score (nSPS) is 12.7. The number of carboxylic acid groups (broad SMARTS) is 1. The molecule has 100 valence electrons. The molecular weight excluding hydrogens is 234 g/mol. The predicted molar refractivity (Wildman–Crippen MR) is 66.2 cm³/mol. The van der Waals surface area contributed by atoms with Crippen molar-refractivity contribution < 1.29 is 15.0 Å². The number of carboxylic acids is 1. The Balaban J connectivity index is 2.64. The quantitative estimate of drug-likeness (QED) is 0.661. The summed E-state index contributed by atoms with van der Waals surface area (Å²) in [6.07, 6.45) is 3.42. The second-order valence-corrected chi connectivity index (χ2v) is 4.58. The topological polar surface area (TPSA) is 95.3 Å². The molecule has 0 radical (unpaired) electrons. The van der Waals surface area contributed by atoms with Crippen LogP contribution in [0, 0.1) is 5.92 Å². The fraction of sp³-hybridized carbons (Fsp3) is 0.583. The number of aromatic carboxylic acids is 1. The fourth-order valence-electron chi connectivity index (χ4n) is 1.71. The number of aliphatic hydroxyl groups excluding tert-OH is 1. The van der Waals surface area contributed by atoms with Crippen molar-refractivity contribution >= 4 is 5.97 Å². The maximum Gasteiger partial charge on any atom is 0.339 e. The van der Waals surface area contributed by atoms with E-state index in [0.717, 1.165) is 6.42 Å². The van der Waals surface area contributed by atoms with Crippen LogP contribution < -0.4 is 5.32 Å². The summed E-state index contributed by atoms with van der Waals surface area (Å²) in [7, 11) is 0. The summed E-state index contributed by atoms with van der Waals surface area (Å²) in [6, 6.07) is -0.0541. The lowest BCUT2D eigenvalue weighted by atomic mass is 10.0. The van der Waals surface area contributed by atoms with Crippen molar-refractivity contribution in [3.05, 3.63) is 23.8 Å². The minimum Gasteiger partial charge on any atom is -0.478 e. The van der Waals surface area contributed by atoms with E-state index in [0.29, 0.717) is 18.2 Å². The van der Waals surface area contributed by atoms with E-state index in [1.165, 1.54) is 12.5 Å². The number of aromatic nitrogens is 2. The van der Waals surface area contributed by atoms with Crippen LogP contribution in [0.2, 0.25) is 0 Å². The van der Waals surface area contributed by atoms with Gasteiger partial charge in [0.1, 0.15) is 11.9 Å². The average molecular weight is 253 g/mol. The van der Waals surface area contributed by atoms with Gasteiger partial charge in [-0.15, -0.1) is 0 Å². The molecule has 18 heavy (non-hydrogen) atoms. The van der Waals surface area contributed by atoms with E-state index in [1.807, 2.05) is 0 Å². The number of nitrogens with one attached hydrogen (secondary N) is 1. The number of carbonyl (C=O) groups is 1. The van der Waals surface area contributed by atoms with E-state index < -0.39 is 5.97 Å². The van der Waals surface area contributed by atoms with Gasteiger partial charge in [-0.3, -0.25) is 0 Å². The van der Waals surface area contributed by atoms with Crippen LogP contribution in [0.1, 0.15) is 36.3 Å². The van der Waals surface area contributed by atoms with E-state index in [9.17, 15) is 9.90 Å². The van der Waals surface area contributed by atoms with E-state index in [-0.39, 0.29) is 18.2 Å². The Morgan fingerprint density at radius 3 is 2.78 bits per heavy atom. The molecule has 6 heteroatoms. The van der Waals surface area contributed by atoms with Gasteiger partial charge in [0.15, 0.2) is 0 Å². The van der Waals surface area contributed by atoms with Gasteiger partial charge in [-0.05, 0) is 12.3 Å². The van der Waals surface area contributed by atoms with Gasteiger partial charge in [0.25, 0.3) is 0 Å². The zero-order valence-electron chi connectivity index (χ0n) is 10.6. The van der Waals surface area contributed by atoms with Gasteiger partial charge in [0.05, 0.1) is 12.3 Å². The highest BCUT2D eigenvalue weighted by molar-refractivity contribution is 5.88. The third-order valence-electron chi connectivity index (χ3n) is 2.56. The highest BCUT2D eigenvalue weighted by atomic mass is 16.4. The van der Waals surface area contributed by atoms with Crippen molar-refractivity contribution in [2.45, 2.75) is 32.9 Å². The molecule has 1 heterocycles. The Kier molecular flexibility index (Phi) is 5.67. The monoisotopic (exact) mass is 253 g/mol. The van der Waals surface area contributed by atoms with Crippen LogP contribution in [0.25, 0.3) is 0 Å². The van der Waals surface area contributed by atoms with E-state index in [2.05, 4.69) is 29.1 Å². The summed E-state index contributed by atoms with van der Waals surface area (Å²) in [6.45, 7) is 4.46. The summed E-state index contributed by atoms with van der Waals surface area (Å²) < 4.78 is 0. The van der Waals surface area contributed by atoms with Gasteiger partial charge in [0.2, 0.25) is 0 Å². The van der Waals surface area contributed by atoms with Gasteiger partial charge < -0.3 is 15.5 Å². The van der Waals surface area contributed by atoms with Crippen molar-refractivity contribution in [2.75, 3.05) is 6.61 Å². The first-order valence-corrected chi connectivity index (χ1v) is 5.91. The smallest absolute Gasteiger partial charge is 0.339 e. The first-order valence-electron chi connectivity index (χ1n) is 5.91. The predicted octanol–water partition coefficient (Wildman–Crippen LogP) is 0.671. The van der Waals surface area contributed by atoms with Crippen molar-refractivity contribution in [3.8, 4) is 0 Å². The summed E-state index contributed by atoms with van der Waals surface area (Å²) in [4.78, 5) is 18.6. The third-order valence-corrected chi connectivity index (χ3v) is 2.56. The van der Waals surface area contributed by atoms with Crippen LogP contribution in [0.15, 0.2) is 12.5 Å². The minimum atomic E-state index is -1.04. The number of rotatable bonds is 7. The van der Waals surface area contributed by atoms with Crippen LogP contribution in [0.5, 0.6) is 0 Å². The maximum absolute atomic E-state index is 11.0. The molecule has 0 bridgehead atoms. The lowest BCUT2D eigenvalue weighted by Gasteiger charge is -2.18. The summed E-state index contributed by atoms with van der Waals surface area (Å²) >= 11 is 0. The molecule has 0 aliphatic rings. The van der Waals surface area contributed by atoms with Gasteiger partial charge in [-0.25, -0.2) is 14.8 Å². The Hall–Kier alpha value is -1.53. The first-order chi connectivity index (χ1) is 8.54. The number of nitrogens with zero attached hydrogens (tertiary/aromatic N) is 2. The van der Waals surface area contributed by atoms with E-state index in [1.54, 1.807) is 0 Å². The molecule has 1 aromatic heterocycles. The molecule has 0 aliphatic carbocycles. The largest absolute Gasteiger partial charge is 0.478 e. The highest BCUT2D eigenvalue weighted by Crippen LogP contribution is 2.07. The molecule has 6 nitrogen and oxygen atoms in total. The fourth-order valence-corrected chi connectivity index (χ4v) is 1.71. The maximum atomic E-state index is 11.0. The van der Waals surface area contributed by atoms with Crippen molar-refractivity contribution in [1.82, 2.24) is 15.3 Å². The molecule has 1 atom stereocenters. The minimum absolute atomic E-state index is 0.0195. The Bertz CT molecular complexity index is 396. The Morgan fingerprint density at radius 2 is 2.22 bits per heavy atom. The van der Waals surface area contributed by atoms with E-state index >= 15 is 0 Å². The molecule has 3 N–H and O–H groups in total. The molecule has 1 rings (SSSR count). The lowest BCUT2D eigenvalue weighted by Crippen LogP contribution is -2.34. The van der Waals surface area contributed by atoms with Crippen LogP contribution in [0.4, 0.5) is 0 Å².